The molecule has 5 heteroatoms. The van der Waals surface area contributed by atoms with Gasteiger partial charge in [0.25, 0.3) is 0 Å². The Morgan fingerprint density at radius 2 is 2.09 bits per heavy atom. The fourth-order valence-corrected chi connectivity index (χ4v) is 2.72. The van der Waals surface area contributed by atoms with Crippen LogP contribution in [0.3, 0.4) is 0 Å². The molecule has 0 spiro atoms. The van der Waals surface area contributed by atoms with Crippen molar-refractivity contribution < 1.29 is 4.74 Å². The molecule has 2 rings (SSSR count). The van der Waals surface area contributed by atoms with Crippen LogP contribution in [0.5, 0.6) is 5.75 Å². The summed E-state index contributed by atoms with van der Waals surface area (Å²) < 4.78 is 5.73. The molecular weight excluding hydrogens is 288 g/mol. The average molecular weight is 318 g/mol. The molecule has 0 aromatic heterocycles. The number of guanidine groups is 1. The fraction of sp³-hybridized carbons (Fsp3) is 0.611. The van der Waals surface area contributed by atoms with Crippen molar-refractivity contribution in [3.63, 3.8) is 0 Å². The molecule has 1 aliphatic rings. The first-order chi connectivity index (χ1) is 11.2. The van der Waals surface area contributed by atoms with Gasteiger partial charge in [0.15, 0.2) is 5.96 Å². The van der Waals surface area contributed by atoms with E-state index < -0.39 is 0 Å². The summed E-state index contributed by atoms with van der Waals surface area (Å²) in [5.74, 6) is 1.78. The molecule has 1 aromatic carbocycles. The van der Waals surface area contributed by atoms with Gasteiger partial charge >= 0.3 is 0 Å². The van der Waals surface area contributed by atoms with E-state index in [1.807, 2.05) is 12.1 Å². The summed E-state index contributed by atoms with van der Waals surface area (Å²) in [7, 11) is 2.18. The zero-order valence-electron chi connectivity index (χ0n) is 14.6. The molecule has 5 nitrogen and oxygen atoms in total. The highest BCUT2D eigenvalue weighted by atomic mass is 16.5. The standard InChI is InChI=1S/C18H30N4O/c1-4-19-18(21-14-16-6-5-12-22(16)3)20-11-13-23-17-9-7-15(2)8-10-17/h7-10,16H,4-6,11-14H2,1-3H3,(H2,19,20,21). The molecule has 0 bridgehead atoms. The molecule has 1 aliphatic heterocycles. The highest BCUT2D eigenvalue weighted by Gasteiger charge is 2.20. The van der Waals surface area contributed by atoms with E-state index in [4.69, 9.17) is 9.73 Å². The van der Waals surface area contributed by atoms with Crippen LogP contribution < -0.4 is 15.4 Å². The Labute approximate surface area is 140 Å². The summed E-state index contributed by atoms with van der Waals surface area (Å²) in [6.45, 7) is 8.43. The Kier molecular flexibility index (Phi) is 7.20. The number of likely N-dealkylation sites (N-methyl/N-ethyl adjacent to an activating group) is 1. The number of likely N-dealkylation sites (tertiary alicyclic amines) is 1. The lowest BCUT2D eigenvalue weighted by Gasteiger charge is -2.18. The summed E-state index contributed by atoms with van der Waals surface area (Å²) in [5, 5.41) is 6.63. The normalized spacial score (nSPS) is 18.9. The molecule has 1 unspecified atom stereocenters. The molecule has 2 N–H and O–H groups in total. The molecule has 23 heavy (non-hydrogen) atoms. The zero-order valence-corrected chi connectivity index (χ0v) is 14.6. The molecule has 1 atom stereocenters. The lowest BCUT2D eigenvalue weighted by Crippen LogP contribution is -2.40. The molecular formula is C18H30N4O. The molecule has 1 saturated heterocycles. The van der Waals surface area contributed by atoms with E-state index in [9.17, 15) is 0 Å². The molecule has 128 valence electrons. The van der Waals surface area contributed by atoms with Gasteiger partial charge in [0.2, 0.25) is 0 Å². The highest BCUT2D eigenvalue weighted by Crippen LogP contribution is 2.14. The van der Waals surface area contributed by atoms with Crippen molar-refractivity contribution in [1.29, 1.82) is 0 Å². The lowest BCUT2D eigenvalue weighted by molar-refractivity contribution is 0.315. The minimum absolute atomic E-state index is 0.578. The quantitative estimate of drug-likeness (QED) is 0.459. The topological polar surface area (TPSA) is 48.9 Å². The maximum absolute atomic E-state index is 5.73. The number of nitrogens with one attached hydrogen (secondary N) is 2. The van der Waals surface area contributed by atoms with Gasteiger partial charge in [-0.3, -0.25) is 4.99 Å². The van der Waals surface area contributed by atoms with E-state index in [0.29, 0.717) is 12.6 Å². The van der Waals surface area contributed by atoms with E-state index in [1.54, 1.807) is 0 Å². The van der Waals surface area contributed by atoms with E-state index in [1.165, 1.54) is 24.9 Å². The van der Waals surface area contributed by atoms with Crippen molar-refractivity contribution in [3.8, 4) is 5.75 Å². The second kappa shape index (κ2) is 9.40. The summed E-state index contributed by atoms with van der Waals surface area (Å²) in [4.78, 5) is 7.10. The van der Waals surface area contributed by atoms with Crippen LogP contribution in [-0.4, -0.2) is 56.7 Å². The van der Waals surface area contributed by atoms with E-state index in [-0.39, 0.29) is 0 Å². The number of hydrogen-bond acceptors (Lipinski definition) is 3. The van der Waals surface area contributed by atoms with E-state index in [2.05, 4.69) is 48.6 Å². The minimum atomic E-state index is 0.578. The van der Waals surface area contributed by atoms with Gasteiger partial charge in [-0.25, -0.2) is 0 Å². The number of nitrogens with zero attached hydrogens (tertiary/aromatic N) is 2. The number of benzene rings is 1. The second-order valence-electron chi connectivity index (χ2n) is 6.08. The summed E-state index contributed by atoms with van der Waals surface area (Å²) in [6, 6.07) is 8.71. The van der Waals surface area contributed by atoms with Crippen molar-refractivity contribution >= 4 is 5.96 Å². The van der Waals surface area contributed by atoms with Crippen LogP contribution in [0.2, 0.25) is 0 Å². The predicted molar refractivity (Wildman–Crippen MR) is 96.3 cm³/mol. The van der Waals surface area contributed by atoms with Gasteiger partial charge in [-0.15, -0.1) is 0 Å². The van der Waals surface area contributed by atoms with Crippen molar-refractivity contribution in [1.82, 2.24) is 15.5 Å². The highest BCUT2D eigenvalue weighted by molar-refractivity contribution is 5.79. The van der Waals surface area contributed by atoms with Gasteiger partial charge in [0, 0.05) is 12.6 Å². The number of aryl methyl sites for hydroxylation is 1. The van der Waals surface area contributed by atoms with Crippen molar-refractivity contribution in [2.45, 2.75) is 32.7 Å². The largest absolute Gasteiger partial charge is 0.492 e. The van der Waals surface area contributed by atoms with Crippen molar-refractivity contribution in [2.24, 2.45) is 4.99 Å². The van der Waals surface area contributed by atoms with E-state index >= 15 is 0 Å². The first kappa shape index (κ1) is 17.6. The summed E-state index contributed by atoms with van der Waals surface area (Å²) in [5.41, 5.74) is 1.24. The Morgan fingerprint density at radius 1 is 1.30 bits per heavy atom. The van der Waals surface area contributed by atoms with Gasteiger partial charge in [-0.2, -0.15) is 0 Å². The maximum Gasteiger partial charge on any atom is 0.191 e. The fourth-order valence-electron chi connectivity index (χ4n) is 2.72. The van der Waals surface area contributed by atoms with Crippen LogP contribution >= 0.6 is 0 Å². The average Bonchev–Trinajstić information content (AvgIpc) is 2.96. The molecule has 0 radical (unpaired) electrons. The first-order valence-corrected chi connectivity index (χ1v) is 8.61. The van der Waals surface area contributed by atoms with Crippen molar-refractivity contribution in [3.05, 3.63) is 29.8 Å². The lowest BCUT2D eigenvalue weighted by atomic mass is 10.2. The Bertz CT molecular complexity index is 486. The number of rotatable bonds is 7. The minimum Gasteiger partial charge on any atom is -0.492 e. The van der Waals surface area contributed by atoms with Crippen LogP contribution in [0.25, 0.3) is 0 Å². The summed E-state index contributed by atoms with van der Waals surface area (Å²) >= 11 is 0. The number of aliphatic imine (C=N–C) groups is 1. The van der Waals surface area contributed by atoms with Gasteiger partial charge in [-0.1, -0.05) is 17.7 Å². The van der Waals surface area contributed by atoms with E-state index in [0.717, 1.165) is 31.3 Å². The molecule has 0 aliphatic carbocycles. The second-order valence-corrected chi connectivity index (χ2v) is 6.08. The monoisotopic (exact) mass is 318 g/mol. The van der Waals surface area contributed by atoms with Gasteiger partial charge in [-0.05, 0) is 52.4 Å². The smallest absolute Gasteiger partial charge is 0.191 e. The Balaban J connectivity index is 1.72. The Hall–Kier alpha value is -1.75. The van der Waals surface area contributed by atoms with Crippen LogP contribution in [0, 0.1) is 6.92 Å². The van der Waals surface area contributed by atoms with Crippen molar-refractivity contribution in [2.75, 3.05) is 39.8 Å². The Morgan fingerprint density at radius 3 is 2.74 bits per heavy atom. The number of ether oxygens (including phenoxy) is 1. The zero-order chi connectivity index (χ0) is 16.5. The third-order valence-electron chi connectivity index (χ3n) is 4.16. The molecule has 1 aromatic rings. The molecule has 1 heterocycles. The third-order valence-corrected chi connectivity index (χ3v) is 4.16. The third kappa shape index (κ3) is 6.10. The first-order valence-electron chi connectivity index (χ1n) is 8.61. The van der Waals surface area contributed by atoms with Gasteiger partial charge < -0.3 is 20.3 Å². The van der Waals surface area contributed by atoms with Gasteiger partial charge in [0.1, 0.15) is 12.4 Å². The number of hydrogen-bond donors (Lipinski definition) is 2. The maximum atomic E-state index is 5.73. The summed E-state index contributed by atoms with van der Waals surface area (Å²) in [6.07, 6.45) is 2.53. The van der Waals surface area contributed by atoms with Crippen LogP contribution in [0.4, 0.5) is 0 Å². The SMILES string of the molecule is CCNC(=NCC1CCCN1C)NCCOc1ccc(C)cc1. The van der Waals surface area contributed by atoms with Crippen LogP contribution in [0.15, 0.2) is 29.3 Å². The predicted octanol–water partition coefficient (Wildman–Crippen LogP) is 2.02. The van der Waals surface area contributed by atoms with Gasteiger partial charge in [0.05, 0.1) is 13.1 Å². The molecule has 1 fully saturated rings. The van der Waals surface area contributed by atoms with Crippen LogP contribution in [0.1, 0.15) is 25.3 Å². The molecule has 0 amide bonds. The molecule has 0 saturated carbocycles. The van der Waals surface area contributed by atoms with Crippen LogP contribution in [-0.2, 0) is 0 Å².